The van der Waals surface area contributed by atoms with Gasteiger partial charge in [-0.25, -0.2) is 0 Å². The molecule has 4 aromatic carbocycles. The number of rotatable bonds is 11. The van der Waals surface area contributed by atoms with E-state index in [1.165, 1.54) is 0 Å². The van der Waals surface area contributed by atoms with Gasteiger partial charge in [-0.15, -0.1) is 5.69 Å². The van der Waals surface area contributed by atoms with E-state index in [4.69, 9.17) is 0 Å². The Hall–Kier alpha value is -4.06. The molecule has 0 heterocycles. The molecule has 4 rings (SSSR count). The quantitative estimate of drug-likeness (QED) is 0.188. The van der Waals surface area contributed by atoms with Crippen LogP contribution >= 0.6 is 0 Å². The fourth-order valence-corrected chi connectivity index (χ4v) is 4.06. The molecule has 0 aliphatic heterocycles. The minimum absolute atomic E-state index is 0. The van der Waals surface area contributed by atoms with Gasteiger partial charge in [-0.1, -0.05) is 115 Å². The van der Waals surface area contributed by atoms with E-state index < -0.39 is 5.97 Å². The Morgan fingerprint density at radius 1 is 0.711 bits per heavy atom. The van der Waals surface area contributed by atoms with Crippen LogP contribution in [0.15, 0.2) is 120 Å². The van der Waals surface area contributed by atoms with Gasteiger partial charge in [-0.2, -0.15) is 0 Å². The van der Waals surface area contributed by atoms with E-state index in [2.05, 4.69) is 15.2 Å². The van der Waals surface area contributed by atoms with Crippen molar-refractivity contribution < 1.29 is 31.2 Å². The van der Waals surface area contributed by atoms with E-state index in [9.17, 15) is 14.7 Å². The topological polar surface area (TPSA) is 84.1 Å². The molecule has 0 unspecified atom stereocenters. The zero-order chi connectivity index (χ0) is 25.9. The summed E-state index contributed by atoms with van der Waals surface area (Å²) >= 11 is 0. The molecule has 0 saturated heterocycles. The minimum Gasteiger partial charge on any atom is -0.625 e. The number of aliphatic carboxylic acids is 1. The molecule has 38 heavy (non-hydrogen) atoms. The van der Waals surface area contributed by atoms with Crippen molar-refractivity contribution in [3.63, 3.8) is 0 Å². The summed E-state index contributed by atoms with van der Waals surface area (Å²) in [6.45, 7) is 0.960. The largest absolute Gasteiger partial charge is 0.625 e. The molecule has 0 aromatic heterocycles. The molecule has 0 bridgehead atoms. The van der Waals surface area contributed by atoms with E-state index in [1.807, 2.05) is 103 Å². The van der Waals surface area contributed by atoms with Gasteiger partial charge in [0, 0.05) is 41.7 Å². The zero-order valence-electron chi connectivity index (χ0n) is 20.7. The Labute approximate surface area is 233 Å². The van der Waals surface area contributed by atoms with Crippen LogP contribution < -0.4 is 0 Å². The second-order valence-electron chi connectivity index (χ2n) is 8.56. The van der Waals surface area contributed by atoms with Gasteiger partial charge in [-0.05, 0) is 16.7 Å². The molecule has 4 aromatic rings. The van der Waals surface area contributed by atoms with E-state index in [-0.39, 0.29) is 35.5 Å². The number of hydrogen-bond donors (Lipinski definition) is 1. The number of carboxylic acid groups (broad SMARTS) is 1. The van der Waals surface area contributed by atoms with Crippen molar-refractivity contribution in [2.75, 3.05) is 13.1 Å². The van der Waals surface area contributed by atoms with Crippen molar-refractivity contribution in [1.82, 2.24) is 4.90 Å². The second-order valence-corrected chi connectivity index (χ2v) is 8.56. The monoisotopic (exact) mass is 548 g/mol. The van der Waals surface area contributed by atoms with Crippen LogP contribution in [0.1, 0.15) is 22.3 Å². The number of amides is 1. The van der Waals surface area contributed by atoms with E-state index >= 15 is 0 Å². The van der Waals surface area contributed by atoms with Gasteiger partial charge in [-0.3, -0.25) is 14.7 Å². The average Bonchev–Trinajstić information content (AvgIpc) is 2.91. The van der Waals surface area contributed by atoms with Crippen molar-refractivity contribution in [2.24, 2.45) is 4.99 Å². The number of carbonyl (C=O) groups excluding carboxylic acids is 1. The van der Waals surface area contributed by atoms with Crippen molar-refractivity contribution in [1.29, 1.82) is 0 Å². The molecule has 0 fully saturated rings. The fourth-order valence-electron chi connectivity index (χ4n) is 4.06. The summed E-state index contributed by atoms with van der Waals surface area (Å²) in [6, 6.07) is 36.6. The Balaban J connectivity index is 0.00000400. The van der Waals surface area contributed by atoms with Gasteiger partial charge in [0.1, 0.15) is 6.54 Å². The van der Waals surface area contributed by atoms with E-state index in [0.29, 0.717) is 30.1 Å². The first-order valence-electron chi connectivity index (χ1n) is 12.0. The SMILES string of the molecule is O=C(O)CN=C(c1ccccc1)c1ccccc1[N-]C(=O)CN(Cc1ccccc1)Cc1ccccc1.[Ni]. The van der Waals surface area contributed by atoms with Crippen LogP contribution in [0.25, 0.3) is 5.32 Å². The molecule has 0 saturated carbocycles. The van der Waals surface area contributed by atoms with Crippen molar-refractivity contribution in [3.05, 3.63) is 143 Å². The van der Waals surface area contributed by atoms with Crippen LogP contribution in [0.4, 0.5) is 5.69 Å². The van der Waals surface area contributed by atoms with Crippen molar-refractivity contribution in [2.45, 2.75) is 13.1 Å². The van der Waals surface area contributed by atoms with Gasteiger partial charge in [0.05, 0.1) is 11.6 Å². The summed E-state index contributed by atoms with van der Waals surface area (Å²) in [5.74, 6) is -1.32. The standard InChI is InChI=1S/C31H29N3O3.Ni/c35-29(23-34(21-24-12-4-1-5-13-24)22-25-14-6-2-7-15-25)33-28-19-11-10-18-27(28)31(32-20-30(36)37)26-16-8-3-9-17-26;/h1-19H,20-23H2,(H2,32,33,35,36,37);/p-1. The van der Waals surface area contributed by atoms with Gasteiger partial charge in [0.2, 0.25) is 0 Å². The number of benzene rings is 4. The van der Waals surface area contributed by atoms with Gasteiger partial charge >= 0.3 is 5.97 Å². The Bertz CT molecular complexity index is 1310. The maximum atomic E-state index is 13.2. The molecule has 1 amide bonds. The third kappa shape index (κ3) is 8.51. The number of nitrogens with zero attached hydrogens (tertiary/aromatic N) is 3. The Morgan fingerprint density at radius 3 is 1.76 bits per heavy atom. The molecule has 1 N–H and O–H groups in total. The van der Waals surface area contributed by atoms with Crippen LogP contribution in [0, 0.1) is 0 Å². The molecule has 0 spiro atoms. The zero-order valence-corrected chi connectivity index (χ0v) is 21.7. The molecule has 0 atom stereocenters. The number of para-hydroxylation sites is 1. The first kappa shape index (κ1) is 28.5. The van der Waals surface area contributed by atoms with E-state index in [0.717, 1.165) is 16.7 Å². The number of carbonyl (C=O) groups is 2. The predicted octanol–water partition coefficient (Wildman–Crippen LogP) is 5.84. The summed E-state index contributed by atoms with van der Waals surface area (Å²) in [7, 11) is 0. The third-order valence-electron chi connectivity index (χ3n) is 5.68. The number of hydrogen-bond acceptors (Lipinski definition) is 4. The molecular weight excluding hydrogens is 521 g/mol. The minimum atomic E-state index is -1.03. The smallest absolute Gasteiger partial charge is 0.325 e. The predicted molar refractivity (Wildman–Crippen MR) is 146 cm³/mol. The maximum Gasteiger partial charge on any atom is 0.325 e. The average molecular weight is 549 g/mol. The summed E-state index contributed by atoms with van der Waals surface area (Å²) in [5, 5.41) is 13.7. The molecule has 0 aliphatic rings. The summed E-state index contributed by atoms with van der Waals surface area (Å²) in [6.07, 6.45) is 0. The Morgan fingerprint density at radius 2 is 1.21 bits per heavy atom. The van der Waals surface area contributed by atoms with Crippen LogP contribution in [0.2, 0.25) is 0 Å². The third-order valence-corrected chi connectivity index (χ3v) is 5.68. The van der Waals surface area contributed by atoms with Crippen molar-refractivity contribution >= 4 is 23.3 Å². The van der Waals surface area contributed by atoms with E-state index in [1.54, 1.807) is 12.1 Å². The first-order valence-corrected chi connectivity index (χ1v) is 12.0. The Kier molecular flexibility index (Phi) is 11.0. The van der Waals surface area contributed by atoms with Crippen LogP contribution in [0.5, 0.6) is 0 Å². The number of aliphatic imine (C=N–C) groups is 1. The molecule has 0 radical (unpaired) electrons. The van der Waals surface area contributed by atoms with Crippen LogP contribution in [-0.2, 0) is 39.2 Å². The van der Waals surface area contributed by atoms with Gasteiger partial charge in [0.15, 0.2) is 0 Å². The number of carboxylic acids is 1. The first-order chi connectivity index (χ1) is 18.1. The molecule has 7 heteroatoms. The molecule has 6 nitrogen and oxygen atoms in total. The van der Waals surface area contributed by atoms with Crippen molar-refractivity contribution in [3.8, 4) is 0 Å². The second kappa shape index (κ2) is 14.6. The molecule has 196 valence electrons. The summed E-state index contributed by atoms with van der Waals surface area (Å²) in [4.78, 5) is 30.9. The van der Waals surface area contributed by atoms with Gasteiger partial charge < -0.3 is 15.2 Å². The summed E-state index contributed by atoms with van der Waals surface area (Å²) in [5.41, 5.74) is 4.53. The fraction of sp³-hybridized carbons (Fsp3) is 0.129. The normalized spacial score (nSPS) is 11.0. The molecular formula is C31H28N3NiO3-. The molecule has 0 aliphatic carbocycles. The maximum absolute atomic E-state index is 13.2. The summed E-state index contributed by atoms with van der Waals surface area (Å²) < 4.78 is 0. The van der Waals surface area contributed by atoms with Crippen LogP contribution in [0.3, 0.4) is 0 Å². The van der Waals surface area contributed by atoms with Crippen LogP contribution in [-0.4, -0.2) is 40.7 Å². The van der Waals surface area contributed by atoms with Gasteiger partial charge in [0.25, 0.3) is 0 Å².